The molecule has 0 radical (unpaired) electrons. The Kier molecular flexibility index (Phi) is 6.27. The van der Waals surface area contributed by atoms with Crippen molar-refractivity contribution >= 4 is 23.3 Å². The fourth-order valence-corrected chi connectivity index (χ4v) is 2.46. The minimum atomic E-state index is -0.951. The van der Waals surface area contributed by atoms with Crippen molar-refractivity contribution in [3.8, 4) is 0 Å². The standard InChI is InChI=1S/C19H22N2O5/c1-11-17(13(3)26-21-11)8-9-18(23)25-14(4)19(24)20-16-7-5-6-15(10-16)12(2)22/h5-7,10,14H,8-9H2,1-4H3,(H,20,24). The number of esters is 1. The van der Waals surface area contributed by atoms with Crippen molar-refractivity contribution in [3.63, 3.8) is 0 Å². The molecule has 1 atom stereocenters. The van der Waals surface area contributed by atoms with Gasteiger partial charge in [0.25, 0.3) is 5.91 Å². The van der Waals surface area contributed by atoms with E-state index < -0.39 is 18.0 Å². The molecule has 1 amide bonds. The summed E-state index contributed by atoms with van der Waals surface area (Å²) in [7, 11) is 0. The summed E-state index contributed by atoms with van der Waals surface area (Å²) < 4.78 is 10.2. The molecule has 0 aliphatic heterocycles. The molecule has 7 nitrogen and oxygen atoms in total. The van der Waals surface area contributed by atoms with Gasteiger partial charge in [-0.3, -0.25) is 14.4 Å². The lowest BCUT2D eigenvalue weighted by Gasteiger charge is -2.14. The van der Waals surface area contributed by atoms with Crippen molar-refractivity contribution in [3.05, 3.63) is 46.8 Å². The fraction of sp³-hybridized carbons (Fsp3) is 0.368. The average molecular weight is 358 g/mol. The number of Topliss-reactive ketones (excluding diaryl/α,β-unsaturated/α-hetero) is 1. The highest BCUT2D eigenvalue weighted by molar-refractivity contribution is 5.98. The van der Waals surface area contributed by atoms with Gasteiger partial charge in [-0.1, -0.05) is 17.3 Å². The van der Waals surface area contributed by atoms with Crippen LogP contribution in [-0.4, -0.2) is 28.9 Å². The van der Waals surface area contributed by atoms with Crippen LogP contribution in [0.15, 0.2) is 28.8 Å². The van der Waals surface area contributed by atoms with Crippen LogP contribution >= 0.6 is 0 Å². The minimum Gasteiger partial charge on any atom is -0.453 e. The summed E-state index contributed by atoms with van der Waals surface area (Å²) in [6, 6.07) is 6.57. The van der Waals surface area contributed by atoms with E-state index in [2.05, 4.69) is 10.5 Å². The molecule has 1 aromatic carbocycles. The molecule has 2 aromatic rings. The van der Waals surface area contributed by atoms with E-state index in [1.807, 2.05) is 6.92 Å². The number of ketones is 1. The zero-order valence-corrected chi connectivity index (χ0v) is 15.3. The maximum absolute atomic E-state index is 12.2. The van der Waals surface area contributed by atoms with Crippen molar-refractivity contribution in [2.45, 2.75) is 46.6 Å². The number of aryl methyl sites for hydroxylation is 2. The van der Waals surface area contributed by atoms with Gasteiger partial charge in [-0.15, -0.1) is 0 Å². The normalized spacial score (nSPS) is 11.7. The van der Waals surface area contributed by atoms with Crippen molar-refractivity contribution in [1.29, 1.82) is 0 Å². The summed E-state index contributed by atoms with van der Waals surface area (Å²) >= 11 is 0. The lowest BCUT2D eigenvalue weighted by molar-refractivity contribution is -0.153. The predicted molar refractivity (Wildman–Crippen MR) is 94.9 cm³/mol. The van der Waals surface area contributed by atoms with Crippen molar-refractivity contribution in [1.82, 2.24) is 5.16 Å². The van der Waals surface area contributed by atoms with Gasteiger partial charge in [0.1, 0.15) is 5.76 Å². The number of carbonyl (C=O) groups is 3. The van der Waals surface area contributed by atoms with Crippen LogP contribution in [0.3, 0.4) is 0 Å². The number of amides is 1. The average Bonchev–Trinajstić information content (AvgIpc) is 2.91. The molecular weight excluding hydrogens is 336 g/mol. The molecule has 0 spiro atoms. The van der Waals surface area contributed by atoms with Crippen LogP contribution < -0.4 is 5.32 Å². The Labute approximate surface area is 151 Å². The fourth-order valence-electron chi connectivity index (χ4n) is 2.46. The van der Waals surface area contributed by atoms with Crippen LogP contribution in [0.1, 0.15) is 47.6 Å². The minimum absolute atomic E-state index is 0.0973. The Morgan fingerprint density at radius 3 is 2.62 bits per heavy atom. The number of rotatable bonds is 7. The van der Waals surface area contributed by atoms with E-state index in [1.54, 1.807) is 31.2 Å². The van der Waals surface area contributed by atoms with Gasteiger partial charge >= 0.3 is 5.97 Å². The highest BCUT2D eigenvalue weighted by atomic mass is 16.5. The second-order valence-electron chi connectivity index (χ2n) is 6.06. The second-order valence-corrected chi connectivity index (χ2v) is 6.06. The van der Waals surface area contributed by atoms with Gasteiger partial charge in [0.15, 0.2) is 11.9 Å². The number of hydrogen-bond acceptors (Lipinski definition) is 6. The van der Waals surface area contributed by atoms with Crippen molar-refractivity contribution in [2.75, 3.05) is 5.32 Å². The number of hydrogen-bond donors (Lipinski definition) is 1. The second kappa shape index (κ2) is 8.42. The van der Waals surface area contributed by atoms with Crippen LogP contribution in [0, 0.1) is 13.8 Å². The summed E-state index contributed by atoms with van der Waals surface area (Å²) in [5.41, 5.74) is 2.58. The van der Waals surface area contributed by atoms with Crippen LogP contribution in [-0.2, 0) is 20.7 Å². The highest BCUT2D eigenvalue weighted by Gasteiger charge is 2.19. The predicted octanol–water partition coefficient (Wildman–Crippen LogP) is 3.00. The zero-order chi connectivity index (χ0) is 19.3. The summed E-state index contributed by atoms with van der Waals surface area (Å²) in [5, 5.41) is 6.47. The van der Waals surface area contributed by atoms with Crippen LogP contribution in [0.25, 0.3) is 0 Å². The van der Waals surface area contributed by atoms with E-state index in [1.165, 1.54) is 13.8 Å². The molecule has 1 unspecified atom stereocenters. The Balaban J connectivity index is 1.87. The number of ether oxygens (including phenoxy) is 1. The maximum Gasteiger partial charge on any atom is 0.306 e. The molecule has 0 aliphatic rings. The van der Waals surface area contributed by atoms with Gasteiger partial charge in [0.05, 0.1) is 5.69 Å². The third-order valence-electron chi connectivity index (χ3n) is 3.97. The number of benzene rings is 1. The van der Waals surface area contributed by atoms with E-state index in [9.17, 15) is 14.4 Å². The van der Waals surface area contributed by atoms with E-state index in [4.69, 9.17) is 9.26 Å². The lowest BCUT2D eigenvalue weighted by atomic mass is 10.1. The topological polar surface area (TPSA) is 98.5 Å². The summed E-state index contributed by atoms with van der Waals surface area (Å²) in [6.07, 6.45) is -0.386. The van der Waals surface area contributed by atoms with Crippen molar-refractivity contribution in [2.24, 2.45) is 0 Å². The molecule has 7 heteroatoms. The maximum atomic E-state index is 12.2. The molecule has 1 heterocycles. The van der Waals surface area contributed by atoms with E-state index >= 15 is 0 Å². The molecule has 0 saturated carbocycles. The molecule has 0 aliphatic carbocycles. The van der Waals surface area contributed by atoms with Gasteiger partial charge in [0.2, 0.25) is 0 Å². The van der Waals surface area contributed by atoms with E-state index in [0.29, 0.717) is 23.4 Å². The highest BCUT2D eigenvalue weighted by Crippen LogP contribution is 2.15. The number of carbonyl (C=O) groups excluding carboxylic acids is 3. The molecule has 138 valence electrons. The Bertz CT molecular complexity index is 806. The summed E-state index contributed by atoms with van der Waals surface area (Å²) in [6.45, 7) is 6.54. The lowest BCUT2D eigenvalue weighted by Crippen LogP contribution is -2.30. The molecule has 1 aromatic heterocycles. The van der Waals surface area contributed by atoms with Gasteiger partial charge in [-0.2, -0.15) is 0 Å². The van der Waals surface area contributed by atoms with Gasteiger partial charge in [0, 0.05) is 23.2 Å². The molecule has 0 bridgehead atoms. The molecule has 0 saturated heterocycles. The van der Waals surface area contributed by atoms with Gasteiger partial charge in [-0.25, -0.2) is 0 Å². The molecule has 2 rings (SSSR count). The first-order valence-corrected chi connectivity index (χ1v) is 8.31. The van der Waals surface area contributed by atoms with Crippen LogP contribution in [0.2, 0.25) is 0 Å². The molecule has 26 heavy (non-hydrogen) atoms. The number of aromatic nitrogens is 1. The first-order chi connectivity index (χ1) is 12.3. The molecule has 1 N–H and O–H groups in total. The monoisotopic (exact) mass is 358 g/mol. The van der Waals surface area contributed by atoms with Crippen molar-refractivity contribution < 1.29 is 23.6 Å². The Morgan fingerprint density at radius 2 is 2.00 bits per heavy atom. The first-order valence-electron chi connectivity index (χ1n) is 8.31. The SMILES string of the molecule is CC(=O)c1cccc(NC(=O)C(C)OC(=O)CCc2c(C)noc2C)c1. The van der Waals surface area contributed by atoms with Crippen LogP contribution in [0.4, 0.5) is 5.69 Å². The van der Waals surface area contributed by atoms with E-state index in [-0.39, 0.29) is 12.2 Å². The number of nitrogens with one attached hydrogen (secondary N) is 1. The first kappa shape index (κ1) is 19.4. The molecule has 0 fully saturated rings. The smallest absolute Gasteiger partial charge is 0.306 e. The third kappa shape index (κ3) is 5.02. The zero-order valence-electron chi connectivity index (χ0n) is 15.3. The van der Waals surface area contributed by atoms with Crippen LogP contribution in [0.5, 0.6) is 0 Å². The third-order valence-corrected chi connectivity index (χ3v) is 3.97. The molecular formula is C19H22N2O5. The Hall–Kier alpha value is -2.96. The number of anilines is 1. The Morgan fingerprint density at radius 1 is 1.27 bits per heavy atom. The summed E-state index contributed by atoms with van der Waals surface area (Å²) in [5.74, 6) is -0.368. The van der Waals surface area contributed by atoms with Gasteiger partial charge < -0.3 is 14.6 Å². The summed E-state index contributed by atoms with van der Waals surface area (Å²) in [4.78, 5) is 35.5. The quantitative estimate of drug-likeness (QED) is 0.603. The van der Waals surface area contributed by atoms with E-state index in [0.717, 1.165) is 11.3 Å². The largest absolute Gasteiger partial charge is 0.453 e. The number of nitrogens with zero attached hydrogens (tertiary/aromatic N) is 1. The van der Waals surface area contributed by atoms with Gasteiger partial charge in [-0.05, 0) is 46.2 Å².